The topological polar surface area (TPSA) is 83.4 Å². The molecule has 0 aliphatic heterocycles. The van der Waals surface area contributed by atoms with Crippen LogP contribution in [0.2, 0.25) is 0 Å². The highest BCUT2D eigenvalue weighted by molar-refractivity contribution is 5.93. The summed E-state index contributed by atoms with van der Waals surface area (Å²) < 4.78 is 37.7. The van der Waals surface area contributed by atoms with Gasteiger partial charge in [0.15, 0.2) is 0 Å². The molecule has 0 radical (unpaired) electrons. The number of rotatable bonds is 5. The maximum atomic E-state index is 12.6. The largest absolute Gasteiger partial charge is 0.480 e. The quantitative estimate of drug-likeness (QED) is 0.893. The van der Waals surface area contributed by atoms with Gasteiger partial charge < -0.3 is 10.0 Å². The van der Waals surface area contributed by atoms with E-state index in [0.29, 0.717) is 11.3 Å². The molecule has 9 heteroatoms. The van der Waals surface area contributed by atoms with Crippen molar-refractivity contribution in [2.24, 2.45) is 0 Å². The highest BCUT2D eigenvalue weighted by Crippen LogP contribution is 2.29. The first-order valence-corrected chi connectivity index (χ1v) is 7.12. The Kier molecular flexibility index (Phi) is 5.35. The zero-order valence-electron chi connectivity index (χ0n) is 13.1. The molecule has 0 atom stereocenters. The summed E-state index contributed by atoms with van der Waals surface area (Å²) >= 11 is 0. The molecule has 1 N–H and O–H groups in total. The smallest absolute Gasteiger partial charge is 0.416 e. The van der Waals surface area contributed by atoms with Crippen LogP contribution in [0.5, 0.6) is 0 Å². The second-order valence-corrected chi connectivity index (χ2v) is 5.29. The van der Waals surface area contributed by atoms with Crippen molar-refractivity contribution in [1.82, 2.24) is 14.9 Å². The fourth-order valence-electron chi connectivity index (χ4n) is 2.05. The third kappa shape index (κ3) is 5.00. The summed E-state index contributed by atoms with van der Waals surface area (Å²) in [5.74, 6) is -1.92. The van der Waals surface area contributed by atoms with Crippen LogP contribution in [0.25, 0.3) is 0 Å². The molecule has 6 nitrogen and oxygen atoms in total. The Morgan fingerprint density at radius 2 is 1.76 bits per heavy atom. The maximum Gasteiger partial charge on any atom is 0.416 e. The molecule has 1 heterocycles. The zero-order chi connectivity index (χ0) is 18.6. The molecule has 0 aliphatic carbocycles. The van der Waals surface area contributed by atoms with Crippen LogP contribution in [0.1, 0.15) is 27.3 Å². The van der Waals surface area contributed by atoms with Gasteiger partial charge in [-0.15, -0.1) is 0 Å². The van der Waals surface area contributed by atoms with Crippen molar-refractivity contribution in [2.45, 2.75) is 19.6 Å². The standard InChI is InChI=1S/C16H14F3N3O3/c1-10-6-21-13(7-20-10)15(25)22(9-14(23)24)8-11-2-4-12(5-3-11)16(17,18)19/h2-7H,8-9H2,1H3,(H,23,24). The fourth-order valence-corrected chi connectivity index (χ4v) is 2.05. The number of amides is 1. The molecule has 0 unspecified atom stereocenters. The van der Waals surface area contributed by atoms with E-state index in [1.165, 1.54) is 24.5 Å². The van der Waals surface area contributed by atoms with E-state index in [9.17, 15) is 22.8 Å². The van der Waals surface area contributed by atoms with Crippen molar-refractivity contribution in [2.75, 3.05) is 6.54 Å². The molecular weight excluding hydrogens is 339 g/mol. The molecule has 0 saturated heterocycles. The van der Waals surface area contributed by atoms with E-state index in [2.05, 4.69) is 9.97 Å². The number of carboxylic acids is 1. The molecule has 1 aromatic carbocycles. The highest BCUT2D eigenvalue weighted by atomic mass is 19.4. The van der Waals surface area contributed by atoms with Crippen LogP contribution >= 0.6 is 0 Å². The van der Waals surface area contributed by atoms with Crippen LogP contribution in [0.4, 0.5) is 13.2 Å². The highest BCUT2D eigenvalue weighted by Gasteiger charge is 2.30. The second kappa shape index (κ2) is 7.29. The van der Waals surface area contributed by atoms with Crippen LogP contribution in [0.15, 0.2) is 36.7 Å². The molecule has 0 fully saturated rings. The fraction of sp³-hybridized carbons (Fsp3) is 0.250. The van der Waals surface area contributed by atoms with Crippen molar-refractivity contribution >= 4 is 11.9 Å². The number of nitrogens with zero attached hydrogens (tertiary/aromatic N) is 3. The molecule has 2 aromatic rings. The Bertz CT molecular complexity index is 759. The van der Waals surface area contributed by atoms with Gasteiger partial charge >= 0.3 is 12.1 Å². The maximum absolute atomic E-state index is 12.6. The number of aliphatic carboxylic acids is 1. The predicted octanol–water partition coefficient (Wildman–Crippen LogP) is 2.53. The first-order chi connectivity index (χ1) is 11.7. The first-order valence-electron chi connectivity index (χ1n) is 7.12. The Balaban J connectivity index is 2.21. The van der Waals surface area contributed by atoms with Gasteiger partial charge in [-0.3, -0.25) is 14.6 Å². The number of benzene rings is 1. The van der Waals surface area contributed by atoms with Gasteiger partial charge in [0.2, 0.25) is 0 Å². The van der Waals surface area contributed by atoms with Gasteiger partial charge in [-0.05, 0) is 24.6 Å². The van der Waals surface area contributed by atoms with Gasteiger partial charge in [-0.2, -0.15) is 13.2 Å². The van der Waals surface area contributed by atoms with E-state index < -0.39 is 30.2 Å². The minimum absolute atomic E-state index is 0.0428. The molecule has 1 aromatic heterocycles. The Labute approximate surface area is 140 Å². The minimum Gasteiger partial charge on any atom is -0.480 e. The summed E-state index contributed by atoms with van der Waals surface area (Å²) in [4.78, 5) is 32.2. The summed E-state index contributed by atoms with van der Waals surface area (Å²) in [5, 5.41) is 8.97. The number of alkyl halides is 3. The summed E-state index contributed by atoms with van der Waals surface area (Å²) in [6.07, 6.45) is -1.88. The molecule has 0 aliphatic rings. The molecule has 132 valence electrons. The lowest BCUT2D eigenvalue weighted by Crippen LogP contribution is -2.35. The Hall–Kier alpha value is -2.97. The number of hydrogen-bond acceptors (Lipinski definition) is 4. The van der Waals surface area contributed by atoms with Crippen molar-refractivity contribution in [3.8, 4) is 0 Å². The molecule has 0 spiro atoms. The Morgan fingerprint density at radius 3 is 2.24 bits per heavy atom. The lowest BCUT2D eigenvalue weighted by molar-refractivity contribution is -0.138. The summed E-state index contributed by atoms with van der Waals surface area (Å²) in [7, 11) is 0. The molecule has 0 bridgehead atoms. The van der Waals surface area contributed by atoms with Gasteiger partial charge in [-0.1, -0.05) is 12.1 Å². The van der Waals surface area contributed by atoms with Gasteiger partial charge in [0.1, 0.15) is 12.2 Å². The number of aromatic nitrogens is 2. The number of carbonyl (C=O) groups is 2. The number of halogens is 3. The van der Waals surface area contributed by atoms with E-state index >= 15 is 0 Å². The zero-order valence-corrected chi connectivity index (χ0v) is 13.1. The minimum atomic E-state index is -4.47. The van der Waals surface area contributed by atoms with Gasteiger partial charge in [0.25, 0.3) is 5.91 Å². The third-order valence-corrected chi connectivity index (χ3v) is 3.27. The van der Waals surface area contributed by atoms with Crippen LogP contribution in [0.3, 0.4) is 0 Å². The average Bonchev–Trinajstić information content (AvgIpc) is 2.53. The van der Waals surface area contributed by atoms with Crippen LogP contribution in [-0.2, 0) is 17.5 Å². The summed E-state index contributed by atoms with van der Waals surface area (Å²) in [6.45, 7) is 0.896. The van der Waals surface area contributed by atoms with E-state index in [-0.39, 0.29) is 12.2 Å². The first kappa shape index (κ1) is 18.4. The Morgan fingerprint density at radius 1 is 1.12 bits per heavy atom. The van der Waals surface area contributed by atoms with E-state index in [0.717, 1.165) is 17.0 Å². The van der Waals surface area contributed by atoms with Gasteiger partial charge in [-0.25, -0.2) is 4.98 Å². The molecule has 1 amide bonds. The normalized spacial score (nSPS) is 11.2. The second-order valence-electron chi connectivity index (χ2n) is 5.29. The van der Waals surface area contributed by atoms with Crippen molar-refractivity contribution < 1.29 is 27.9 Å². The van der Waals surface area contributed by atoms with Gasteiger partial charge in [0.05, 0.1) is 17.5 Å². The molecule has 0 saturated carbocycles. The van der Waals surface area contributed by atoms with Crippen LogP contribution < -0.4 is 0 Å². The van der Waals surface area contributed by atoms with Gasteiger partial charge in [0, 0.05) is 12.7 Å². The number of carbonyl (C=O) groups excluding carboxylic acids is 1. The van der Waals surface area contributed by atoms with E-state index in [1.54, 1.807) is 6.92 Å². The lowest BCUT2D eigenvalue weighted by Gasteiger charge is -2.20. The SMILES string of the molecule is Cc1cnc(C(=O)N(CC(=O)O)Cc2ccc(C(F)(F)F)cc2)cn1. The van der Waals surface area contributed by atoms with Crippen molar-refractivity contribution in [3.05, 3.63) is 59.2 Å². The molecule has 25 heavy (non-hydrogen) atoms. The van der Waals surface area contributed by atoms with Crippen molar-refractivity contribution in [1.29, 1.82) is 0 Å². The summed E-state index contributed by atoms with van der Waals surface area (Å²) in [6, 6.07) is 4.16. The number of carboxylic acid groups (broad SMARTS) is 1. The predicted molar refractivity (Wildman–Crippen MR) is 80.6 cm³/mol. The van der Waals surface area contributed by atoms with E-state index in [1.807, 2.05) is 0 Å². The molecule has 2 rings (SSSR count). The van der Waals surface area contributed by atoms with Crippen molar-refractivity contribution in [3.63, 3.8) is 0 Å². The number of hydrogen-bond donors (Lipinski definition) is 1. The van der Waals surface area contributed by atoms with Crippen LogP contribution in [-0.4, -0.2) is 38.4 Å². The average molecular weight is 353 g/mol. The van der Waals surface area contributed by atoms with E-state index in [4.69, 9.17) is 5.11 Å². The van der Waals surface area contributed by atoms with Crippen LogP contribution in [0, 0.1) is 6.92 Å². The molecular formula is C16H14F3N3O3. The third-order valence-electron chi connectivity index (χ3n) is 3.27. The summed E-state index contributed by atoms with van der Waals surface area (Å²) in [5.41, 5.74) is 0.0854. The number of aryl methyl sites for hydroxylation is 1. The lowest BCUT2D eigenvalue weighted by atomic mass is 10.1. The monoisotopic (exact) mass is 353 g/mol.